The first kappa shape index (κ1) is 24.8. The van der Waals surface area contributed by atoms with Gasteiger partial charge in [0.05, 0.1) is 17.3 Å². The average molecular weight is 511 g/mol. The molecule has 2 aromatic heterocycles. The van der Waals surface area contributed by atoms with Crippen molar-refractivity contribution in [3.05, 3.63) is 87.8 Å². The van der Waals surface area contributed by atoms with E-state index in [1.165, 1.54) is 22.5 Å². The molecule has 0 spiro atoms. The molecule has 0 unspecified atom stereocenters. The minimum absolute atomic E-state index is 0.0127. The monoisotopic (exact) mass is 510 g/mol. The van der Waals surface area contributed by atoms with E-state index in [0.717, 1.165) is 18.7 Å². The van der Waals surface area contributed by atoms with Crippen molar-refractivity contribution in [2.45, 2.75) is 25.8 Å². The van der Waals surface area contributed by atoms with Gasteiger partial charge in [-0.25, -0.2) is 4.98 Å². The molecule has 1 saturated heterocycles. The smallest absolute Gasteiger partial charge is 0.266 e. The third-order valence-electron chi connectivity index (χ3n) is 7.02. The Kier molecular flexibility index (Phi) is 6.83. The predicted octanol–water partition coefficient (Wildman–Crippen LogP) is 5.00. The molecule has 1 amide bonds. The quantitative estimate of drug-likeness (QED) is 0.391. The van der Waals surface area contributed by atoms with Gasteiger partial charge in [-0.3, -0.25) is 9.69 Å². The van der Waals surface area contributed by atoms with E-state index in [9.17, 15) is 10.1 Å². The third kappa shape index (κ3) is 4.52. The standard InChI is InChI=1S/C29H30N6OS/c1-18(2)22-21(17-30)27(32)33-28-23(22)24(31)26(37-28)29(36)35-15-13-34(14-16-35)25(19-9-5-3-6-10-19)20-11-7-4-8-12-20/h3-12,18,25H,13-16,31H2,1-2H3,(H2,32,33). The highest BCUT2D eigenvalue weighted by atomic mass is 32.1. The lowest BCUT2D eigenvalue weighted by molar-refractivity contribution is 0.0603. The van der Waals surface area contributed by atoms with Gasteiger partial charge in [-0.2, -0.15) is 5.26 Å². The van der Waals surface area contributed by atoms with Gasteiger partial charge in [0.25, 0.3) is 5.91 Å². The fraction of sp³-hybridized carbons (Fsp3) is 0.276. The number of benzene rings is 2. The molecule has 3 heterocycles. The zero-order chi connectivity index (χ0) is 26.1. The van der Waals surface area contributed by atoms with Crippen LogP contribution < -0.4 is 11.5 Å². The zero-order valence-electron chi connectivity index (χ0n) is 21.0. The number of amides is 1. The van der Waals surface area contributed by atoms with Crippen molar-refractivity contribution in [1.29, 1.82) is 5.26 Å². The number of carbonyl (C=O) groups is 1. The first-order valence-corrected chi connectivity index (χ1v) is 13.3. The summed E-state index contributed by atoms with van der Waals surface area (Å²) in [6, 6.07) is 23.3. The van der Waals surface area contributed by atoms with Crippen LogP contribution in [0.2, 0.25) is 0 Å². The van der Waals surface area contributed by atoms with E-state index in [-0.39, 0.29) is 23.7 Å². The molecule has 2 aromatic carbocycles. The Hall–Kier alpha value is -3.93. The van der Waals surface area contributed by atoms with Crippen LogP contribution in [0.25, 0.3) is 10.2 Å². The van der Waals surface area contributed by atoms with Gasteiger partial charge in [0.15, 0.2) is 0 Å². The molecule has 0 radical (unpaired) electrons. The van der Waals surface area contributed by atoms with Crippen molar-refractivity contribution in [3.63, 3.8) is 0 Å². The van der Waals surface area contributed by atoms with Crippen LogP contribution in [0.1, 0.15) is 57.7 Å². The van der Waals surface area contributed by atoms with Crippen LogP contribution >= 0.6 is 11.3 Å². The van der Waals surface area contributed by atoms with E-state index < -0.39 is 0 Å². The Morgan fingerprint density at radius 1 is 0.973 bits per heavy atom. The average Bonchev–Trinajstić information content (AvgIpc) is 3.24. The maximum absolute atomic E-state index is 13.6. The summed E-state index contributed by atoms with van der Waals surface area (Å²) < 4.78 is 0. The van der Waals surface area contributed by atoms with Gasteiger partial charge in [-0.1, -0.05) is 74.5 Å². The molecule has 1 aliphatic heterocycles. The maximum Gasteiger partial charge on any atom is 0.266 e. The topological polar surface area (TPSA) is 112 Å². The van der Waals surface area contributed by atoms with Crippen LogP contribution in [0.3, 0.4) is 0 Å². The van der Waals surface area contributed by atoms with Gasteiger partial charge in [-0.05, 0) is 22.6 Å². The Bertz CT molecular complexity index is 1430. The van der Waals surface area contributed by atoms with E-state index in [1.807, 2.05) is 30.9 Å². The van der Waals surface area contributed by atoms with Crippen LogP contribution in [0, 0.1) is 11.3 Å². The second-order valence-electron chi connectivity index (χ2n) is 9.63. The van der Waals surface area contributed by atoms with E-state index in [4.69, 9.17) is 11.5 Å². The maximum atomic E-state index is 13.6. The molecular formula is C29H30N6OS. The number of fused-ring (bicyclic) bond motifs is 1. The number of rotatable bonds is 5. The fourth-order valence-electron chi connectivity index (χ4n) is 5.26. The summed E-state index contributed by atoms with van der Waals surface area (Å²) in [5.74, 6) is 0.0992. The van der Waals surface area contributed by atoms with E-state index in [2.05, 4.69) is 64.5 Å². The first-order valence-electron chi connectivity index (χ1n) is 12.4. The summed E-state index contributed by atoms with van der Waals surface area (Å²) >= 11 is 1.26. The van der Waals surface area contributed by atoms with E-state index in [1.54, 1.807) is 0 Å². The largest absolute Gasteiger partial charge is 0.397 e. The Labute approximate surface area is 220 Å². The second kappa shape index (κ2) is 10.2. The summed E-state index contributed by atoms with van der Waals surface area (Å²) in [4.78, 5) is 23.4. The predicted molar refractivity (Wildman–Crippen MR) is 149 cm³/mol. The zero-order valence-corrected chi connectivity index (χ0v) is 21.8. The molecule has 4 N–H and O–H groups in total. The Morgan fingerprint density at radius 2 is 1.54 bits per heavy atom. The minimum atomic E-state index is -0.0945. The number of nitriles is 1. The van der Waals surface area contributed by atoms with E-state index in [0.29, 0.717) is 39.4 Å². The van der Waals surface area contributed by atoms with Crippen molar-refractivity contribution < 1.29 is 4.79 Å². The van der Waals surface area contributed by atoms with Gasteiger partial charge in [0.2, 0.25) is 0 Å². The first-order chi connectivity index (χ1) is 17.9. The van der Waals surface area contributed by atoms with Gasteiger partial charge in [0, 0.05) is 31.6 Å². The summed E-state index contributed by atoms with van der Waals surface area (Å²) in [5, 5.41) is 10.3. The van der Waals surface area contributed by atoms with Gasteiger partial charge in [0.1, 0.15) is 21.6 Å². The number of nitrogens with two attached hydrogens (primary N) is 2. The highest BCUT2D eigenvalue weighted by Gasteiger charge is 2.31. The summed E-state index contributed by atoms with van der Waals surface area (Å²) in [7, 11) is 0. The molecule has 7 nitrogen and oxygen atoms in total. The summed E-state index contributed by atoms with van der Waals surface area (Å²) in [6.07, 6.45) is 0. The van der Waals surface area contributed by atoms with E-state index >= 15 is 0 Å². The van der Waals surface area contributed by atoms with Crippen molar-refractivity contribution >= 4 is 39.0 Å². The number of piperazine rings is 1. The SMILES string of the molecule is CC(C)c1c(C#N)c(N)nc2sc(C(=O)N3CCN(C(c4ccccc4)c4ccccc4)CC3)c(N)c12. The molecule has 0 atom stereocenters. The number of thiophene rings is 1. The van der Waals surface area contributed by atoms with Crippen molar-refractivity contribution in [3.8, 4) is 6.07 Å². The highest BCUT2D eigenvalue weighted by Crippen LogP contribution is 2.41. The third-order valence-corrected chi connectivity index (χ3v) is 8.11. The molecule has 188 valence electrons. The molecule has 8 heteroatoms. The van der Waals surface area contributed by atoms with Crippen molar-refractivity contribution in [2.75, 3.05) is 37.6 Å². The van der Waals surface area contributed by atoms with Gasteiger partial charge >= 0.3 is 0 Å². The molecule has 0 aliphatic carbocycles. The number of hydrogen-bond acceptors (Lipinski definition) is 7. The molecular weight excluding hydrogens is 480 g/mol. The number of anilines is 2. The molecule has 1 aliphatic rings. The number of nitrogen functional groups attached to an aromatic ring is 2. The molecule has 0 saturated carbocycles. The van der Waals surface area contributed by atoms with Crippen LogP contribution in [-0.4, -0.2) is 46.9 Å². The minimum Gasteiger partial charge on any atom is -0.397 e. The molecule has 37 heavy (non-hydrogen) atoms. The summed E-state index contributed by atoms with van der Waals surface area (Å²) in [6.45, 7) is 6.65. The van der Waals surface area contributed by atoms with Crippen LogP contribution in [0.5, 0.6) is 0 Å². The molecule has 0 bridgehead atoms. The number of nitrogens with zero attached hydrogens (tertiary/aromatic N) is 4. The molecule has 1 fully saturated rings. The highest BCUT2D eigenvalue weighted by molar-refractivity contribution is 7.21. The molecule has 4 aromatic rings. The number of carbonyl (C=O) groups excluding carboxylic acids is 1. The lowest BCUT2D eigenvalue weighted by Gasteiger charge is -2.39. The Balaban J connectivity index is 1.41. The lowest BCUT2D eigenvalue weighted by atomic mass is 9.95. The van der Waals surface area contributed by atoms with Crippen molar-refractivity contribution in [1.82, 2.24) is 14.8 Å². The number of aromatic nitrogens is 1. The van der Waals surface area contributed by atoms with Crippen LogP contribution in [-0.2, 0) is 0 Å². The Morgan fingerprint density at radius 3 is 2.05 bits per heavy atom. The van der Waals surface area contributed by atoms with Gasteiger partial charge < -0.3 is 16.4 Å². The van der Waals surface area contributed by atoms with Crippen LogP contribution in [0.4, 0.5) is 11.5 Å². The lowest BCUT2D eigenvalue weighted by Crippen LogP contribution is -2.49. The van der Waals surface area contributed by atoms with Gasteiger partial charge in [-0.15, -0.1) is 11.3 Å². The fourth-order valence-corrected chi connectivity index (χ4v) is 6.35. The molecule has 5 rings (SSSR count). The number of pyridine rings is 1. The van der Waals surface area contributed by atoms with Crippen LogP contribution in [0.15, 0.2) is 60.7 Å². The normalized spacial score (nSPS) is 14.4. The van der Waals surface area contributed by atoms with Crippen molar-refractivity contribution in [2.24, 2.45) is 0 Å². The summed E-state index contributed by atoms with van der Waals surface area (Å²) in [5.41, 5.74) is 16.6. The second-order valence-corrected chi connectivity index (χ2v) is 10.6. The number of hydrogen-bond donors (Lipinski definition) is 2.